The van der Waals surface area contributed by atoms with Crippen molar-refractivity contribution >= 4 is 0 Å². The van der Waals surface area contributed by atoms with E-state index >= 15 is 0 Å². The number of nitrogens with zero attached hydrogens (tertiary/aromatic N) is 1. The standard InChI is InChI=1S/C14H28N2/c1-11(15)14(2,3)10-16-9-8-12-6-4-5-7-13(12)16/h11-13H,4-10,15H2,1-3H3. The lowest BCUT2D eigenvalue weighted by molar-refractivity contribution is 0.116. The van der Waals surface area contributed by atoms with Crippen molar-refractivity contribution in [3.63, 3.8) is 0 Å². The van der Waals surface area contributed by atoms with Crippen molar-refractivity contribution in [1.29, 1.82) is 0 Å². The van der Waals surface area contributed by atoms with Crippen LogP contribution in [0.5, 0.6) is 0 Å². The molecular weight excluding hydrogens is 196 g/mol. The molecule has 2 rings (SSSR count). The van der Waals surface area contributed by atoms with Crippen LogP contribution in [0, 0.1) is 11.3 Å². The number of rotatable bonds is 3. The van der Waals surface area contributed by atoms with Crippen LogP contribution >= 0.6 is 0 Å². The fraction of sp³-hybridized carbons (Fsp3) is 1.00. The van der Waals surface area contributed by atoms with Gasteiger partial charge in [0.25, 0.3) is 0 Å². The van der Waals surface area contributed by atoms with Gasteiger partial charge in [-0.3, -0.25) is 4.90 Å². The topological polar surface area (TPSA) is 29.3 Å². The minimum absolute atomic E-state index is 0.256. The maximum absolute atomic E-state index is 6.09. The van der Waals surface area contributed by atoms with E-state index in [4.69, 9.17) is 5.73 Å². The summed E-state index contributed by atoms with van der Waals surface area (Å²) in [4.78, 5) is 2.73. The Morgan fingerprint density at radius 3 is 2.62 bits per heavy atom. The second-order valence-corrected chi connectivity index (χ2v) is 6.65. The fourth-order valence-electron chi connectivity index (χ4n) is 3.37. The molecule has 2 N–H and O–H groups in total. The van der Waals surface area contributed by atoms with E-state index in [0.29, 0.717) is 0 Å². The van der Waals surface area contributed by atoms with E-state index in [-0.39, 0.29) is 11.5 Å². The van der Waals surface area contributed by atoms with Gasteiger partial charge in [0.15, 0.2) is 0 Å². The van der Waals surface area contributed by atoms with Crippen molar-refractivity contribution < 1.29 is 0 Å². The fourth-order valence-corrected chi connectivity index (χ4v) is 3.37. The van der Waals surface area contributed by atoms with Crippen molar-refractivity contribution in [1.82, 2.24) is 4.90 Å². The molecule has 0 aromatic carbocycles. The van der Waals surface area contributed by atoms with Crippen LogP contribution in [-0.4, -0.2) is 30.1 Å². The van der Waals surface area contributed by atoms with E-state index in [0.717, 1.165) is 12.0 Å². The Balaban J connectivity index is 1.95. The zero-order chi connectivity index (χ0) is 11.8. The van der Waals surface area contributed by atoms with Gasteiger partial charge in [0, 0.05) is 18.6 Å². The third-order valence-electron chi connectivity index (χ3n) is 4.97. The lowest BCUT2D eigenvalue weighted by Gasteiger charge is -2.38. The monoisotopic (exact) mass is 224 g/mol. The van der Waals surface area contributed by atoms with Crippen LogP contribution in [0.1, 0.15) is 52.9 Å². The van der Waals surface area contributed by atoms with E-state index in [9.17, 15) is 0 Å². The van der Waals surface area contributed by atoms with Crippen LogP contribution < -0.4 is 5.73 Å². The highest BCUT2D eigenvalue weighted by Crippen LogP contribution is 2.37. The molecule has 3 atom stereocenters. The van der Waals surface area contributed by atoms with E-state index in [1.54, 1.807) is 0 Å². The molecule has 0 spiro atoms. The molecule has 1 aliphatic heterocycles. The molecule has 1 heterocycles. The Bertz CT molecular complexity index is 235. The summed E-state index contributed by atoms with van der Waals surface area (Å²) < 4.78 is 0. The zero-order valence-electron chi connectivity index (χ0n) is 11.2. The number of hydrogen-bond acceptors (Lipinski definition) is 2. The number of fused-ring (bicyclic) bond motifs is 1. The number of likely N-dealkylation sites (tertiary alicyclic amines) is 1. The Morgan fingerprint density at radius 1 is 1.25 bits per heavy atom. The third-order valence-corrected chi connectivity index (χ3v) is 4.97. The molecule has 0 amide bonds. The van der Waals surface area contributed by atoms with Gasteiger partial charge >= 0.3 is 0 Å². The van der Waals surface area contributed by atoms with Gasteiger partial charge in [0.1, 0.15) is 0 Å². The first-order valence-electron chi connectivity index (χ1n) is 7.00. The van der Waals surface area contributed by atoms with Gasteiger partial charge in [0.2, 0.25) is 0 Å². The molecule has 1 saturated heterocycles. The van der Waals surface area contributed by atoms with Gasteiger partial charge in [-0.2, -0.15) is 0 Å². The molecule has 0 aromatic rings. The molecule has 2 fully saturated rings. The van der Waals surface area contributed by atoms with E-state index in [1.807, 2.05) is 0 Å². The summed E-state index contributed by atoms with van der Waals surface area (Å²) in [7, 11) is 0. The lowest BCUT2D eigenvalue weighted by atomic mass is 9.82. The summed E-state index contributed by atoms with van der Waals surface area (Å²) in [5.41, 5.74) is 6.35. The first kappa shape index (κ1) is 12.4. The third kappa shape index (κ3) is 2.43. The van der Waals surface area contributed by atoms with Crippen LogP contribution in [-0.2, 0) is 0 Å². The molecular formula is C14H28N2. The molecule has 0 bridgehead atoms. The minimum atomic E-state index is 0.256. The highest BCUT2D eigenvalue weighted by atomic mass is 15.2. The summed E-state index contributed by atoms with van der Waals surface area (Å²) in [5.74, 6) is 0.998. The smallest absolute Gasteiger partial charge is 0.0124 e. The molecule has 0 radical (unpaired) electrons. The predicted molar refractivity (Wildman–Crippen MR) is 69.4 cm³/mol. The molecule has 0 aromatic heterocycles. The van der Waals surface area contributed by atoms with Crippen LogP contribution in [0.3, 0.4) is 0 Å². The summed E-state index contributed by atoms with van der Waals surface area (Å²) >= 11 is 0. The summed E-state index contributed by atoms with van der Waals surface area (Å²) in [6, 6.07) is 1.17. The van der Waals surface area contributed by atoms with Crippen LogP contribution in [0.2, 0.25) is 0 Å². The Kier molecular flexibility index (Phi) is 3.60. The Labute approximate surface area is 101 Å². The van der Waals surface area contributed by atoms with Gasteiger partial charge in [-0.25, -0.2) is 0 Å². The maximum atomic E-state index is 6.09. The zero-order valence-corrected chi connectivity index (χ0v) is 11.2. The quantitative estimate of drug-likeness (QED) is 0.798. The molecule has 2 heteroatoms. The van der Waals surface area contributed by atoms with Crippen LogP contribution in [0.25, 0.3) is 0 Å². The average molecular weight is 224 g/mol. The van der Waals surface area contributed by atoms with Crippen molar-refractivity contribution in [2.24, 2.45) is 17.1 Å². The molecule has 1 saturated carbocycles. The van der Waals surface area contributed by atoms with E-state index in [2.05, 4.69) is 25.7 Å². The molecule has 3 unspecified atom stereocenters. The number of nitrogens with two attached hydrogens (primary N) is 1. The van der Waals surface area contributed by atoms with Crippen molar-refractivity contribution in [2.75, 3.05) is 13.1 Å². The van der Waals surface area contributed by atoms with Gasteiger partial charge in [0.05, 0.1) is 0 Å². The Hall–Kier alpha value is -0.0800. The summed E-state index contributed by atoms with van der Waals surface area (Å²) in [6.07, 6.45) is 7.24. The second kappa shape index (κ2) is 4.66. The SMILES string of the molecule is CC(N)C(C)(C)CN1CCC2CCCCC21. The maximum Gasteiger partial charge on any atom is 0.0124 e. The summed E-state index contributed by atoms with van der Waals surface area (Å²) in [5, 5.41) is 0. The molecule has 16 heavy (non-hydrogen) atoms. The van der Waals surface area contributed by atoms with Crippen molar-refractivity contribution in [3.05, 3.63) is 0 Å². The van der Waals surface area contributed by atoms with E-state index in [1.165, 1.54) is 45.2 Å². The normalized spacial score (nSPS) is 33.8. The highest BCUT2D eigenvalue weighted by molar-refractivity contribution is 4.93. The number of hydrogen-bond donors (Lipinski definition) is 1. The van der Waals surface area contributed by atoms with Crippen molar-refractivity contribution in [2.45, 2.75) is 65.0 Å². The van der Waals surface area contributed by atoms with Crippen molar-refractivity contribution in [3.8, 4) is 0 Å². The van der Waals surface area contributed by atoms with Gasteiger partial charge in [-0.15, -0.1) is 0 Å². The predicted octanol–water partition coefficient (Wildman–Crippen LogP) is 2.62. The van der Waals surface area contributed by atoms with Gasteiger partial charge < -0.3 is 5.73 Å². The van der Waals surface area contributed by atoms with E-state index < -0.39 is 0 Å². The lowest BCUT2D eigenvalue weighted by Crippen LogP contribution is -2.47. The molecule has 2 nitrogen and oxygen atoms in total. The first-order chi connectivity index (χ1) is 7.50. The molecule has 1 aliphatic carbocycles. The first-order valence-corrected chi connectivity index (χ1v) is 7.00. The molecule has 94 valence electrons. The van der Waals surface area contributed by atoms with Gasteiger partial charge in [-0.05, 0) is 44.1 Å². The minimum Gasteiger partial charge on any atom is -0.327 e. The van der Waals surface area contributed by atoms with Gasteiger partial charge in [-0.1, -0.05) is 26.7 Å². The summed E-state index contributed by atoms with van der Waals surface area (Å²) in [6.45, 7) is 9.27. The largest absolute Gasteiger partial charge is 0.327 e. The highest BCUT2D eigenvalue weighted by Gasteiger charge is 2.38. The second-order valence-electron chi connectivity index (χ2n) is 6.65. The van der Waals surface area contributed by atoms with Crippen LogP contribution in [0.4, 0.5) is 0 Å². The van der Waals surface area contributed by atoms with Crippen LogP contribution in [0.15, 0.2) is 0 Å². The molecule has 2 aliphatic rings. The Morgan fingerprint density at radius 2 is 1.94 bits per heavy atom. The average Bonchev–Trinajstić information content (AvgIpc) is 2.61.